The zero-order valence-corrected chi connectivity index (χ0v) is 11.5. The molecule has 0 bridgehead atoms. The Morgan fingerprint density at radius 1 is 1.29 bits per heavy atom. The maximum atomic E-state index is 11.7. The molecule has 0 atom stereocenters. The van der Waals surface area contributed by atoms with Crippen molar-refractivity contribution in [3.63, 3.8) is 0 Å². The second kappa shape index (κ2) is 5.69. The lowest BCUT2D eigenvalue weighted by Crippen LogP contribution is -2.34. The summed E-state index contributed by atoms with van der Waals surface area (Å²) in [4.78, 5) is 30.3. The third-order valence-corrected chi connectivity index (χ3v) is 3.00. The molecule has 1 aliphatic heterocycles. The molecule has 10 heteroatoms. The molecule has 10 nitrogen and oxygen atoms in total. The maximum absolute atomic E-state index is 11.7. The number of aromatic nitrogens is 6. The van der Waals surface area contributed by atoms with Crippen LogP contribution in [0, 0.1) is 0 Å². The van der Waals surface area contributed by atoms with Gasteiger partial charge in [0.05, 0.1) is 6.54 Å². The van der Waals surface area contributed by atoms with Gasteiger partial charge in [-0.3, -0.25) is 4.79 Å². The van der Waals surface area contributed by atoms with Crippen molar-refractivity contribution in [3.05, 3.63) is 12.7 Å². The molecule has 1 fully saturated rings. The van der Waals surface area contributed by atoms with Crippen molar-refractivity contribution in [2.45, 2.75) is 6.42 Å². The fourth-order valence-corrected chi connectivity index (χ4v) is 2.00. The monoisotopic (exact) mass is 289 g/mol. The van der Waals surface area contributed by atoms with Gasteiger partial charge in [-0.2, -0.15) is 24.7 Å². The summed E-state index contributed by atoms with van der Waals surface area (Å²) in [5, 5.41) is 9.71. The van der Waals surface area contributed by atoms with Crippen LogP contribution in [0.3, 0.4) is 0 Å². The number of anilines is 2. The highest BCUT2D eigenvalue weighted by atomic mass is 16.2. The van der Waals surface area contributed by atoms with Gasteiger partial charge in [0.15, 0.2) is 0 Å². The van der Waals surface area contributed by atoms with E-state index in [2.05, 4.69) is 35.7 Å². The summed E-state index contributed by atoms with van der Waals surface area (Å²) < 4.78 is 1.45. The topological polar surface area (TPSA) is 114 Å². The quantitative estimate of drug-likeness (QED) is 0.726. The highest BCUT2D eigenvalue weighted by Gasteiger charge is 2.19. The van der Waals surface area contributed by atoms with E-state index in [1.807, 2.05) is 4.90 Å². The normalized spacial score (nSPS) is 15.5. The number of carbonyl (C=O) groups is 1. The van der Waals surface area contributed by atoms with Gasteiger partial charge >= 0.3 is 0 Å². The van der Waals surface area contributed by atoms with E-state index in [1.54, 1.807) is 7.05 Å². The van der Waals surface area contributed by atoms with E-state index in [0.29, 0.717) is 30.9 Å². The van der Waals surface area contributed by atoms with Crippen molar-refractivity contribution in [3.8, 4) is 5.95 Å². The molecule has 21 heavy (non-hydrogen) atoms. The van der Waals surface area contributed by atoms with Gasteiger partial charge in [0.1, 0.15) is 12.7 Å². The van der Waals surface area contributed by atoms with Gasteiger partial charge in [-0.1, -0.05) is 0 Å². The standard InChI is InChI=1S/C11H15N9O/c1-12-9-16-10(19-4-2-3-14-8(21)5-19)18-11(17-9)20-7-13-6-15-20/h6-7H,2-5H2,1H3,(H,14,21)(H,12,16,17,18). The Labute approximate surface area is 120 Å². The van der Waals surface area contributed by atoms with Crippen LogP contribution in [0.2, 0.25) is 0 Å². The van der Waals surface area contributed by atoms with Gasteiger partial charge in [-0.05, 0) is 6.42 Å². The summed E-state index contributed by atoms with van der Waals surface area (Å²) in [6.07, 6.45) is 3.75. The molecule has 0 radical (unpaired) electrons. The van der Waals surface area contributed by atoms with E-state index in [4.69, 9.17) is 0 Å². The molecule has 0 spiro atoms. The Morgan fingerprint density at radius 3 is 2.90 bits per heavy atom. The molecule has 0 unspecified atom stereocenters. The highest BCUT2D eigenvalue weighted by Crippen LogP contribution is 2.13. The Hall–Kier alpha value is -2.78. The van der Waals surface area contributed by atoms with E-state index in [9.17, 15) is 4.79 Å². The second-order valence-corrected chi connectivity index (χ2v) is 4.47. The summed E-state index contributed by atoms with van der Waals surface area (Å²) in [5.74, 6) is 1.17. The molecule has 1 aliphatic rings. The van der Waals surface area contributed by atoms with Gasteiger partial charge < -0.3 is 15.5 Å². The SMILES string of the molecule is CNc1nc(N2CCCNC(=O)C2)nc(-n2cncn2)n1. The molecule has 0 aliphatic carbocycles. The number of nitrogens with zero attached hydrogens (tertiary/aromatic N) is 7. The van der Waals surface area contributed by atoms with Crippen LogP contribution in [0.5, 0.6) is 0 Å². The highest BCUT2D eigenvalue weighted by molar-refractivity contribution is 5.81. The molecule has 2 aromatic heterocycles. The van der Waals surface area contributed by atoms with Crippen molar-refractivity contribution < 1.29 is 4.79 Å². The maximum Gasteiger partial charge on any atom is 0.258 e. The van der Waals surface area contributed by atoms with Crippen LogP contribution in [0.4, 0.5) is 11.9 Å². The number of amides is 1. The third kappa shape index (κ3) is 2.88. The molecule has 1 amide bonds. The minimum Gasteiger partial charge on any atom is -0.357 e. The van der Waals surface area contributed by atoms with E-state index >= 15 is 0 Å². The largest absolute Gasteiger partial charge is 0.357 e. The summed E-state index contributed by atoms with van der Waals surface area (Å²) in [5.41, 5.74) is 0. The smallest absolute Gasteiger partial charge is 0.258 e. The predicted molar refractivity (Wildman–Crippen MR) is 74.1 cm³/mol. The average Bonchev–Trinajstić information content (AvgIpc) is 2.96. The van der Waals surface area contributed by atoms with Crippen LogP contribution in [-0.4, -0.2) is 62.3 Å². The first-order chi connectivity index (χ1) is 10.3. The van der Waals surface area contributed by atoms with Gasteiger partial charge in [-0.15, -0.1) is 0 Å². The van der Waals surface area contributed by atoms with Crippen molar-refractivity contribution in [1.82, 2.24) is 35.0 Å². The van der Waals surface area contributed by atoms with E-state index in [0.717, 1.165) is 6.42 Å². The first kappa shape index (κ1) is 13.2. The van der Waals surface area contributed by atoms with Crippen LogP contribution in [0.1, 0.15) is 6.42 Å². The molecule has 0 aromatic carbocycles. The molecule has 110 valence electrons. The molecular weight excluding hydrogens is 274 g/mol. The average molecular weight is 289 g/mol. The molecule has 3 heterocycles. The third-order valence-electron chi connectivity index (χ3n) is 3.00. The number of nitrogens with one attached hydrogen (secondary N) is 2. The van der Waals surface area contributed by atoms with E-state index < -0.39 is 0 Å². The number of hydrogen-bond acceptors (Lipinski definition) is 8. The molecular formula is C11H15N9O. The summed E-state index contributed by atoms with van der Waals surface area (Å²) in [6.45, 7) is 1.59. The fraction of sp³-hybridized carbons (Fsp3) is 0.455. The van der Waals surface area contributed by atoms with Crippen LogP contribution >= 0.6 is 0 Å². The Bertz CT molecular complexity index is 627. The van der Waals surface area contributed by atoms with Crippen LogP contribution in [-0.2, 0) is 4.79 Å². The molecule has 2 N–H and O–H groups in total. The Kier molecular flexibility index (Phi) is 3.58. The zero-order valence-electron chi connectivity index (χ0n) is 11.5. The van der Waals surface area contributed by atoms with E-state index in [1.165, 1.54) is 17.3 Å². The van der Waals surface area contributed by atoms with E-state index in [-0.39, 0.29) is 12.5 Å². The zero-order chi connectivity index (χ0) is 14.7. The predicted octanol–water partition coefficient (Wildman–Crippen LogP) is -1.18. The van der Waals surface area contributed by atoms with Crippen molar-refractivity contribution >= 4 is 17.8 Å². The van der Waals surface area contributed by atoms with Crippen LogP contribution < -0.4 is 15.5 Å². The lowest BCUT2D eigenvalue weighted by atomic mass is 10.4. The van der Waals surface area contributed by atoms with Crippen molar-refractivity contribution in [2.75, 3.05) is 36.9 Å². The van der Waals surface area contributed by atoms with Gasteiger partial charge in [0, 0.05) is 20.1 Å². The summed E-state index contributed by atoms with van der Waals surface area (Å²) >= 11 is 0. The Morgan fingerprint density at radius 2 is 2.14 bits per heavy atom. The van der Waals surface area contributed by atoms with Gasteiger partial charge in [-0.25, -0.2) is 4.98 Å². The van der Waals surface area contributed by atoms with Gasteiger partial charge in [0.25, 0.3) is 5.95 Å². The number of carbonyl (C=O) groups excluding carboxylic acids is 1. The first-order valence-electron chi connectivity index (χ1n) is 6.57. The first-order valence-corrected chi connectivity index (χ1v) is 6.57. The Balaban J connectivity index is 1.97. The minimum atomic E-state index is -0.0405. The van der Waals surface area contributed by atoms with Crippen LogP contribution in [0.15, 0.2) is 12.7 Å². The summed E-state index contributed by atoms with van der Waals surface area (Å²) in [7, 11) is 1.72. The molecule has 0 saturated carbocycles. The summed E-state index contributed by atoms with van der Waals surface area (Å²) in [6, 6.07) is 0. The van der Waals surface area contributed by atoms with Crippen molar-refractivity contribution in [1.29, 1.82) is 0 Å². The molecule has 2 aromatic rings. The number of rotatable bonds is 3. The van der Waals surface area contributed by atoms with Crippen molar-refractivity contribution in [2.24, 2.45) is 0 Å². The minimum absolute atomic E-state index is 0.0405. The lowest BCUT2D eigenvalue weighted by Gasteiger charge is -2.19. The van der Waals surface area contributed by atoms with Gasteiger partial charge in [0.2, 0.25) is 17.8 Å². The molecule has 3 rings (SSSR count). The second-order valence-electron chi connectivity index (χ2n) is 4.47. The molecule has 1 saturated heterocycles. The fourth-order valence-electron chi connectivity index (χ4n) is 2.00. The number of hydrogen-bond donors (Lipinski definition) is 2. The lowest BCUT2D eigenvalue weighted by molar-refractivity contribution is -0.119. The van der Waals surface area contributed by atoms with Crippen LogP contribution in [0.25, 0.3) is 5.95 Å².